The van der Waals surface area contributed by atoms with Crippen molar-refractivity contribution in [3.8, 4) is 6.07 Å². The van der Waals surface area contributed by atoms with Crippen LogP contribution in [0.3, 0.4) is 0 Å². The number of carboxylic acid groups (broad SMARTS) is 1. The Bertz CT molecular complexity index is 551. The lowest BCUT2D eigenvalue weighted by Crippen LogP contribution is -2.29. The Kier molecular flexibility index (Phi) is 5.25. The average molecular weight is 296 g/mol. The number of hydrogen-bond acceptors (Lipinski definition) is 3. The molecule has 6 heteroatoms. The van der Waals surface area contributed by atoms with E-state index in [9.17, 15) is 13.6 Å². The van der Waals surface area contributed by atoms with Crippen LogP contribution in [0.1, 0.15) is 39.2 Å². The summed E-state index contributed by atoms with van der Waals surface area (Å²) in [6, 6.07) is 2.88. The van der Waals surface area contributed by atoms with Gasteiger partial charge >= 0.3 is 5.97 Å². The van der Waals surface area contributed by atoms with Crippen molar-refractivity contribution >= 4 is 11.7 Å². The minimum absolute atomic E-state index is 0.124. The first-order chi connectivity index (χ1) is 9.62. The van der Waals surface area contributed by atoms with Crippen molar-refractivity contribution in [1.29, 1.82) is 5.26 Å². The molecule has 0 amide bonds. The van der Waals surface area contributed by atoms with Crippen LogP contribution < -0.4 is 5.32 Å². The standard InChI is InChI=1S/C15H18F2N2O2/c1-15(2,3)7-10(6-13(20)21)19-14-11(16)4-9(8-18)5-12(14)17/h4-5,10,19H,6-7H2,1-3H3,(H,20,21). The fourth-order valence-electron chi connectivity index (χ4n) is 2.10. The first-order valence-corrected chi connectivity index (χ1v) is 6.50. The molecule has 0 aliphatic carbocycles. The zero-order valence-electron chi connectivity index (χ0n) is 12.2. The predicted octanol–water partition coefficient (Wildman–Crippen LogP) is 3.53. The zero-order valence-corrected chi connectivity index (χ0v) is 12.2. The molecule has 0 fully saturated rings. The second-order valence-electron chi connectivity index (χ2n) is 6.13. The Hall–Kier alpha value is -2.16. The fourth-order valence-corrected chi connectivity index (χ4v) is 2.10. The summed E-state index contributed by atoms with van der Waals surface area (Å²) >= 11 is 0. The highest BCUT2D eigenvalue weighted by atomic mass is 19.1. The highest BCUT2D eigenvalue weighted by Gasteiger charge is 2.23. The first-order valence-electron chi connectivity index (χ1n) is 6.50. The lowest BCUT2D eigenvalue weighted by atomic mass is 9.87. The van der Waals surface area contributed by atoms with Gasteiger partial charge in [0.15, 0.2) is 11.6 Å². The topological polar surface area (TPSA) is 73.1 Å². The molecule has 0 aliphatic heterocycles. The average Bonchev–Trinajstić information content (AvgIpc) is 2.30. The Morgan fingerprint density at radius 2 is 1.90 bits per heavy atom. The second kappa shape index (κ2) is 6.53. The van der Waals surface area contributed by atoms with E-state index >= 15 is 0 Å². The van der Waals surface area contributed by atoms with Crippen LogP contribution in [0, 0.1) is 28.4 Å². The van der Waals surface area contributed by atoms with E-state index in [0.29, 0.717) is 6.42 Å². The molecule has 0 bridgehead atoms. The van der Waals surface area contributed by atoms with Gasteiger partial charge in [0.1, 0.15) is 5.69 Å². The predicted molar refractivity (Wildman–Crippen MR) is 74.8 cm³/mol. The Morgan fingerprint density at radius 1 is 1.38 bits per heavy atom. The van der Waals surface area contributed by atoms with Gasteiger partial charge in [-0.2, -0.15) is 5.26 Å². The van der Waals surface area contributed by atoms with Crippen molar-refractivity contribution in [2.75, 3.05) is 5.32 Å². The van der Waals surface area contributed by atoms with E-state index < -0.39 is 29.3 Å². The van der Waals surface area contributed by atoms with Crippen LogP contribution in [-0.4, -0.2) is 17.1 Å². The van der Waals surface area contributed by atoms with Crippen LogP contribution in [0.2, 0.25) is 0 Å². The maximum absolute atomic E-state index is 13.8. The maximum atomic E-state index is 13.8. The van der Waals surface area contributed by atoms with Crippen molar-refractivity contribution in [2.24, 2.45) is 5.41 Å². The van der Waals surface area contributed by atoms with E-state index in [1.54, 1.807) is 6.07 Å². The summed E-state index contributed by atoms with van der Waals surface area (Å²) in [7, 11) is 0. The van der Waals surface area contributed by atoms with Gasteiger partial charge in [0, 0.05) is 6.04 Å². The lowest BCUT2D eigenvalue weighted by molar-refractivity contribution is -0.137. The maximum Gasteiger partial charge on any atom is 0.305 e. The zero-order chi connectivity index (χ0) is 16.2. The Balaban J connectivity index is 3.03. The van der Waals surface area contributed by atoms with Gasteiger partial charge in [-0.05, 0) is 24.0 Å². The van der Waals surface area contributed by atoms with Gasteiger partial charge in [-0.1, -0.05) is 20.8 Å². The third kappa shape index (κ3) is 5.38. The number of hydrogen-bond donors (Lipinski definition) is 2. The highest BCUT2D eigenvalue weighted by molar-refractivity contribution is 5.68. The van der Waals surface area contributed by atoms with Crippen LogP contribution in [0.25, 0.3) is 0 Å². The molecule has 0 radical (unpaired) electrons. The van der Waals surface area contributed by atoms with Crippen LogP contribution in [0.5, 0.6) is 0 Å². The molecule has 0 aliphatic rings. The molecule has 0 saturated heterocycles. The number of benzene rings is 1. The number of nitriles is 1. The monoisotopic (exact) mass is 296 g/mol. The number of carboxylic acids is 1. The quantitative estimate of drug-likeness (QED) is 0.871. The molecular weight excluding hydrogens is 278 g/mol. The van der Waals surface area contributed by atoms with Crippen LogP contribution in [0.4, 0.5) is 14.5 Å². The van der Waals surface area contributed by atoms with E-state index in [2.05, 4.69) is 5.32 Å². The molecule has 0 spiro atoms. The molecular formula is C15H18F2N2O2. The molecule has 1 aromatic carbocycles. The smallest absolute Gasteiger partial charge is 0.305 e. The van der Waals surface area contributed by atoms with Crippen LogP contribution in [-0.2, 0) is 4.79 Å². The number of anilines is 1. The molecule has 1 atom stereocenters. The molecule has 4 nitrogen and oxygen atoms in total. The Labute approximate surface area is 122 Å². The van der Waals surface area contributed by atoms with Crippen molar-refractivity contribution in [3.05, 3.63) is 29.3 Å². The summed E-state index contributed by atoms with van der Waals surface area (Å²) in [6.45, 7) is 5.74. The SMILES string of the molecule is CC(C)(C)CC(CC(=O)O)Nc1c(F)cc(C#N)cc1F. The van der Waals surface area contributed by atoms with E-state index in [1.807, 2.05) is 20.8 Å². The van der Waals surface area contributed by atoms with E-state index in [4.69, 9.17) is 10.4 Å². The number of rotatable bonds is 5. The number of nitrogens with zero attached hydrogens (tertiary/aromatic N) is 1. The van der Waals surface area contributed by atoms with Gasteiger partial charge in [0.25, 0.3) is 0 Å². The molecule has 1 aromatic rings. The molecule has 21 heavy (non-hydrogen) atoms. The summed E-state index contributed by atoms with van der Waals surface area (Å²) in [4.78, 5) is 10.9. The lowest BCUT2D eigenvalue weighted by Gasteiger charge is -2.27. The third-order valence-electron chi connectivity index (χ3n) is 2.80. The largest absolute Gasteiger partial charge is 0.481 e. The second-order valence-corrected chi connectivity index (χ2v) is 6.13. The van der Waals surface area contributed by atoms with Gasteiger partial charge < -0.3 is 10.4 Å². The fraction of sp³-hybridized carbons (Fsp3) is 0.467. The van der Waals surface area contributed by atoms with Crippen LogP contribution >= 0.6 is 0 Å². The highest BCUT2D eigenvalue weighted by Crippen LogP contribution is 2.27. The minimum Gasteiger partial charge on any atom is -0.481 e. The first kappa shape index (κ1) is 16.9. The number of nitrogens with one attached hydrogen (secondary N) is 1. The summed E-state index contributed by atoms with van der Waals surface area (Å²) < 4.78 is 27.7. The summed E-state index contributed by atoms with van der Waals surface area (Å²) in [6.07, 6.45) is 0.175. The minimum atomic E-state index is -1.05. The van der Waals surface area contributed by atoms with E-state index in [0.717, 1.165) is 12.1 Å². The van der Waals surface area contributed by atoms with E-state index in [-0.39, 0.29) is 17.4 Å². The normalized spacial score (nSPS) is 12.6. The number of halogens is 2. The van der Waals surface area contributed by atoms with Gasteiger partial charge in [-0.3, -0.25) is 4.79 Å². The summed E-state index contributed by atoms with van der Waals surface area (Å²) in [5, 5.41) is 20.2. The van der Waals surface area contributed by atoms with E-state index in [1.165, 1.54) is 0 Å². The third-order valence-corrected chi connectivity index (χ3v) is 2.80. The summed E-state index contributed by atoms with van der Waals surface area (Å²) in [5.74, 6) is -2.86. The van der Waals surface area contributed by atoms with Crippen molar-refractivity contribution in [1.82, 2.24) is 0 Å². The van der Waals surface area contributed by atoms with Gasteiger partial charge in [-0.25, -0.2) is 8.78 Å². The van der Waals surface area contributed by atoms with Crippen LogP contribution in [0.15, 0.2) is 12.1 Å². The van der Waals surface area contributed by atoms with Gasteiger partial charge in [0.2, 0.25) is 0 Å². The molecule has 1 unspecified atom stereocenters. The number of aliphatic carboxylic acids is 1. The Morgan fingerprint density at radius 3 is 2.29 bits per heavy atom. The van der Waals surface area contributed by atoms with Crippen molar-refractivity contribution < 1.29 is 18.7 Å². The van der Waals surface area contributed by atoms with Crippen molar-refractivity contribution in [2.45, 2.75) is 39.7 Å². The van der Waals surface area contributed by atoms with Crippen molar-refractivity contribution in [3.63, 3.8) is 0 Å². The van der Waals surface area contributed by atoms with Gasteiger partial charge in [-0.15, -0.1) is 0 Å². The molecule has 0 heterocycles. The molecule has 1 rings (SSSR count). The molecule has 114 valence electrons. The molecule has 0 saturated carbocycles. The summed E-state index contributed by atoms with van der Waals surface area (Å²) in [5.41, 5.74) is -0.724. The number of carbonyl (C=O) groups is 1. The molecule has 0 aromatic heterocycles. The molecule has 2 N–H and O–H groups in total. The van der Waals surface area contributed by atoms with Gasteiger partial charge in [0.05, 0.1) is 18.1 Å².